The largest absolute Gasteiger partial charge is 0.369 e. The van der Waals surface area contributed by atoms with Crippen molar-refractivity contribution >= 4 is 33.6 Å². The fourth-order valence-electron chi connectivity index (χ4n) is 4.25. The van der Waals surface area contributed by atoms with Crippen LogP contribution in [0.5, 0.6) is 0 Å². The molecule has 1 saturated heterocycles. The van der Waals surface area contributed by atoms with Crippen molar-refractivity contribution in [1.29, 1.82) is 0 Å². The first-order chi connectivity index (χ1) is 14.6. The molecule has 3 aromatic carbocycles. The molecular formula is C24H22N4O2. The number of fused-ring (bicyclic) bond motifs is 2. The number of aromatic nitrogens is 2. The summed E-state index contributed by atoms with van der Waals surface area (Å²) in [6.07, 6.45) is 3.25. The number of nitrogens with two attached hydrogens (primary N) is 1. The number of nitrogens with zero attached hydrogens (tertiary/aromatic N) is 2. The Labute approximate surface area is 173 Å². The highest BCUT2D eigenvalue weighted by molar-refractivity contribution is 5.99. The van der Waals surface area contributed by atoms with E-state index in [4.69, 9.17) is 5.73 Å². The molecule has 6 heteroatoms. The van der Waals surface area contributed by atoms with Crippen LogP contribution in [0.2, 0.25) is 0 Å². The minimum absolute atomic E-state index is 0.0448. The van der Waals surface area contributed by atoms with E-state index >= 15 is 0 Å². The van der Waals surface area contributed by atoms with Crippen LogP contribution in [0.1, 0.15) is 23.2 Å². The molecule has 0 spiro atoms. The van der Waals surface area contributed by atoms with Gasteiger partial charge in [-0.2, -0.15) is 0 Å². The normalized spacial score (nSPS) is 16.8. The summed E-state index contributed by atoms with van der Waals surface area (Å²) in [7, 11) is 0. The minimum atomic E-state index is -0.327. The van der Waals surface area contributed by atoms with E-state index in [1.807, 2.05) is 30.3 Å². The third-order valence-electron chi connectivity index (χ3n) is 5.95. The molecule has 1 aliphatic heterocycles. The summed E-state index contributed by atoms with van der Waals surface area (Å²) >= 11 is 0. The lowest BCUT2D eigenvalue weighted by atomic mass is 9.96. The van der Waals surface area contributed by atoms with Gasteiger partial charge in [0.05, 0.1) is 23.3 Å². The van der Waals surface area contributed by atoms with Crippen LogP contribution in [-0.2, 0) is 4.79 Å². The molecule has 1 atom stereocenters. The Bertz CT molecular complexity index is 1280. The zero-order valence-corrected chi connectivity index (χ0v) is 16.5. The molecule has 0 radical (unpaired) electrons. The maximum Gasteiger partial charge on any atom is 0.253 e. The predicted molar refractivity (Wildman–Crippen MR) is 117 cm³/mol. The van der Waals surface area contributed by atoms with E-state index in [1.54, 1.807) is 11.2 Å². The first-order valence-electron chi connectivity index (χ1n) is 10.1. The monoisotopic (exact) mass is 398 g/mol. The molecule has 1 fully saturated rings. The molecule has 1 aromatic heterocycles. The maximum atomic E-state index is 13.0. The van der Waals surface area contributed by atoms with Gasteiger partial charge in [0.1, 0.15) is 0 Å². The number of aromatic amines is 1. The van der Waals surface area contributed by atoms with E-state index in [1.165, 1.54) is 0 Å². The lowest BCUT2D eigenvalue weighted by Crippen LogP contribution is -2.44. The summed E-state index contributed by atoms with van der Waals surface area (Å²) < 4.78 is 0. The molecule has 1 unspecified atom stereocenters. The average molecular weight is 398 g/mol. The van der Waals surface area contributed by atoms with Gasteiger partial charge in [0.15, 0.2) is 0 Å². The number of carbonyl (C=O) groups is 2. The fourth-order valence-corrected chi connectivity index (χ4v) is 4.25. The first-order valence-corrected chi connectivity index (χ1v) is 10.1. The number of primary amides is 1. The second-order valence-corrected chi connectivity index (χ2v) is 7.90. The third-order valence-corrected chi connectivity index (χ3v) is 5.95. The molecule has 4 aromatic rings. The molecule has 0 bridgehead atoms. The number of hydrogen-bond acceptors (Lipinski definition) is 3. The van der Waals surface area contributed by atoms with Crippen molar-refractivity contribution in [3.05, 3.63) is 66.5 Å². The molecule has 150 valence electrons. The summed E-state index contributed by atoms with van der Waals surface area (Å²) in [5.74, 6) is -0.624. The average Bonchev–Trinajstić information content (AvgIpc) is 3.26. The number of benzene rings is 3. The number of amides is 2. The molecule has 2 heterocycles. The first kappa shape index (κ1) is 18.4. The van der Waals surface area contributed by atoms with Crippen molar-refractivity contribution in [2.24, 2.45) is 11.7 Å². The van der Waals surface area contributed by atoms with Gasteiger partial charge >= 0.3 is 0 Å². The molecule has 30 heavy (non-hydrogen) atoms. The maximum absolute atomic E-state index is 13.0. The Hall–Kier alpha value is -3.67. The van der Waals surface area contributed by atoms with Crippen molar-refractivity contribution < 1.29 is 9.59 Å². The van der Waals surface area contributed by atoms with Gasteiger partial charge in [0.25, 0.3) is 5.91 Å². The van der Waals surface area contributed by atoms with Crippen molar-refractivity contribution in [3.63, 3.8) is 0 Å². The number of H-pyrrole nitrogens is 1. The van der Waals surface area contributed by atoms with E-state index in [2.05, 4.69) is 34.2 Å². The Morgan fingerprint density at radius 1 is 1.00 bits per heavy atom. The van der Waals surface area contributed by atoms with E-state index in [-0.39, 0.29) is 17.7 Å². The molecule has 2 amide bonds. The van der Waals surface area contributed by atoms with E-state index in [0.717, 1.165) is 45.8 Å². The van der Waals surface area contributed by atoms with E-state index in [9.17, 15) is 9.59 Å². The summed E-state index contributed by atoms with van der Waals surface area (Å²) in [5, 5.41) is 2.08. The topological polar surface area (TPSA) is 92.1 Å². The number of piperidine rings is 1. The fraction of sp³-hybridized carbons (Fsp3) is 0.208. The Balaban J connectivity index is 1.43. The van der Waals surface area contributed by atoms with Gasteiger partial charge in [-0.3, -0.25) is 9.59 Å². The van der Waals surface area contributed by atoms with Gasteiger partial charge < -0.3 is 15.6 Å². The molecule has 1 aliphatic rings. The highest BCUT2D eigenvalue weighted by Gasteiger charge is 2.27. The smallest absolute Gasteiger partial charge is 0.253 e. The Kier molecular flexibility index (Phi) is 4.47. The number of imidazole rings is 1. The molecule has 0 saturated carbocycles. The SMILES string of the molecule is NC(=O)C1CCCN(C(=O)c2ccc3cc(-c4ccc5nc[nH]c5c4)ccc3c2)C1. The zero-order chi connectivity index (χ0) is 20.7. The number of nitrogens with one attached hydrogen (secondary N) is 1. The molecular weight excluding hydrogens is 376 g/mol. The van der Waals surface area contributed by atoms with Crippen molar-refractivity contribution in [2.75, 3.05) is 13.1 Å². The van der Waals surface area contributed by atoms with Crippen molar-refractivity contribution in [1.82, 2.24) is 14.9 Å². The van der Waals surface area contributed by atoms with E-state index in [0.29, 0.717) is 18.7 Å². The lowest BCUT2D eigenvalue weighted by Gasteiger charge is -2.31. The Morgan fingerprint density at radius 2 is 1.77 bits per heavy atom. The second kappa shape index (κ2) is 7.30. The number of carbonyl (C=O) groups excluding carboxylic acids is 2. The summed E-state index contributed by atoms with van der Waals surface area (Å²) in [6, 6.07) is 18.2. The number of rotatable bonds is 3. The van der Waals surface area contributed by atoms with Gasteiger partial charge in [0, 0.05) is 18.7 Å². The van der Waals surface area contributed by atoms with Crippen LogP contribution in [0.25, 0.3) is 32.9 Å². The molecule has 0 aliphatic carbocycles. The second-order valence-electron chi connectivity index (χ2n) is 7.90. The predicted octanol–water partition coefficient (Wildman–Crippen LogP) is 3.72. The highest BCUT2D eigenvalue weighted by Crippen LogP contribution is 2.28. The van der Waals surface area contributed by atoms with Crippen molar-refractivity contribution in [3.8, 4) is 11.1 Å². The summed E-state index contributed by atoms with van der Waals surface area (Å²) in [6.45, 7) is 1.07. The van der Waals surface area contributed by atoms with Gasteiger partial charge in [-0.05, 0) is 65.1 Å². The van der Waals surface area contributed by atoms with E-state index < -0.39 is 0 Å². The van der Waals surface area contributed by atoms with Gasteiger partial charge in [-0.1, -0.05) is 24.3 Å². The number of hydrogen-bond donors (Lipinski definition) is 2. The quantitative estimate of drug-likeness (QED) is 0.551. The Morgan fingerprint density at radius 3 is 2.63 bits per heavy atom. The zero-order valence-electron chi connectivity index (χ0n) is 16.5. The standard InChI is InChI=1S/C24H22N4O2/c25-23(29)20-2-1-9-28(13-20)24(30)19-6-5-15-10-16(3-4-17(15)11-19)18-7-8-21-22(12-18)27-14-26-21/h3-8,10-12,14,20H,1-2,9,13H2,(H2,25,29)(H,26,27). The summed E-state index contributed by atoms with van der Waals surface area (Å²) in [5.41, 5.74) is 10.3. The molecule has 3 N–H and O–H groups in total. The van der Waals surface area contributed by atoms with Gasteiger partial charge in [-0.25, -0.2) is 4.98 Å². The summed E-state index contributed by atoms with van der Waals surface area (Å²) in [4.78, 5) is 33.6. The lowest BCUT2D eigenvalue weighted by molar-refractivity contribution is -0.123. The minimum Gasteiger partial charge on any atom is -0.369 e. The van der Waals surface area contributed by atoms with Crippen LogP contribution in [-0.4, -0.2) is 39.8 Å². The van der Waals surface area contributed by atoms with Crippen molar-refractivity contribution in [2.45, 2.75) is 12.8 Å². The number of likely N-dealkylation sites (tertiary alicyclic amines) is 1. The van der Waals surface area contributed by atoms with Crippen LogP contribution in [0, 0.1) is 5.92 Å². The molecule has 6 nitrogen and oxygen atoms in total. The van der Waals surface area contributed by atoms with Crippen LogP contribution in [0.4, 0.5) is 0 Å². The third kappa shape index (κ3) is 3.30. The van der Waals surface area contributed by atoms with Crippen LogP contribution in [0.15, 0.2) is 60.9 Å². The highest BCUT2D eigenvalue weighted by atomic mass is 16.2. The molecule has 5 rings (SSSR count). The van der Waals surface area contributed by atoms with Crippen LogP contribution in [0.3, 0.4) is 0 Å². The van der Waals surface area contributed by atoms with Crippen LogP contribution < -0.4 is 5.73 Å². The van der Waals surface area contributed by atoms with Crippen LogP contribution >= 0.6 is 0 Å². The van der Waals surface area contributed by atoms with Gasteiger partial charge in [-0.15, -0.1) is 0 Å². The van der Waals surface area contributed by atoms with Gasteiger partial charge in [0.2, 0.25) is 5.91 Å².